The van der Waals surface area contributed by atoms with Gasteiger partial charge in [-0.1, -0.05) is 0 Å². The first-order chi connectivity index (χ1) is 11.2. The van der Waals surface area contributed by atoms with Crippen LogP contribution in [0.25, 0.3) is 0 Å². The average Bonchev–Trinajstić information content (AvgIpc) is 3.14. The maximum Gasteiger partial charge on any atom is 0.244 e. The Hall–Kier alpha value is -2.48. The number of carbonyl (C=O) groups excluding carboxylic acids is 1. The molecule has 0 radical (unpaired) electrons. The molecule has 0 unspecified atom stereocenters. The minimum Gasteiger partial charge on any atom is -0.378 e. The highest BCUT2D eigenvalue weighted by atomic mass is 16.5. The Labute approximate surface area is 134 Å². The molecule has 1 atom stereocenters. The molecule has 1 amide bonds. The van der Waals surface area contributed by atoms with Crippen LogP contribution in [-0.2, 0) is 16.1 Å². The van der Waals surface area contributed by atoms with Gasteiger partial charge in [-0.3, -0.25) is 4.79 Å². The number of amides is 1. The second-order valence-corrected chi connectivity index (χ2v) is 5.39. The number of aromatic nitrogens is 4. The van der Waals surface area contributed by atoms with Crippen molar-refractivity contribution in [3.8, 4) is 0 Å². The standard InChI is InChI=1S/C15H20N6O2/c1-12(21-11-16-10-19-21)15(22)18-9-13-2-3-17-14(8-13)20-4-6-23-7-5-20/h2-3,8,10-12H,4-7,9H2,1H3,(H,18,22)/t12-/m1/s1. The van der Waals surface area contributed by atoms with Gasteiger partial charge in [-0.25, -0.2) is 14.6 Å². The van der Waals surface area contributed by atoms with Crippen molar-refractivity contribution in [2.75, 3.05) is 31.2 Å². The van der Waals surface area contributed by atoms with E-state index in [4.69, 9.17) is 4.74 Å². The fraction of sp³-hybridized carbons (Fsp3) is 0.467. The second kappa shape index (κ2) is 7.19. The van der Waals surface area contributed by atoms with Gasteiger partial charge in [0.2, 0.25) is 5.91 Å². The number of morpholine rings is 1. The van der Waals surface area contributed by atoms with Crippen LogP contribution in [0.4, 0.5) is 5.82 Å². The van der Waals surface area contributed by atoms with Gasteiger partial charge in [0, 0.05) is 25.8 Å². The van der Waals surface area contributed by atoms with Crippen LogP contribution in [0.3, 0.4) is 0 Å². The molecule has 0 aromatic carbocycles. The fourth-order valence-corrected chi connectivity index (χ4v) is 2.41. The van der Waals surface area contributed by atoms with E-state index in [0.717, 1.165) is 37.7 Å². The van der Waals surface area contributed by atoms with Gasteiger partial charge in [-0.2, -0.15) is 5.10 Å². The maximum absolute atomic E-state index is 12.2. The average molecular weight is 316 g/mol. The summed E-state index contributed by atoms with van der Waals surface area (Å²) in [7, 11) is 0. The lowest BCUT2D eigenvalue weighted by molar-refractivity contribution is -0.124. The first kappa shape index (κ1) is 15.4. The van der Waals surface area contributed by atoms with Crippen LogP contribution in [0.5, 0.6) is 0 Å². The van der Waals surface area contributed by atoms with Gasteiger partial charge in [0.1, 0.15) is 24.5 Å². The normalized spacial score (nSPS) is 16.1. The van der Waals surface area contributed by atoms with Crippen molar-refractivity contribution < 1.29 is 9.53 Å². The molecule has 1 aliphatic heterocycles. The van der Waals surface area contributed by atoms with E-state index in [1.807, 2.05) is 12.1 Å². The van der Waals surface area contributed by atoms with Crippen LogP contribution < -0.4 is 10.2 Å². The fourth-order valence-electron chi connectivity index (χ4n) is 2.41. The lowest BCUT2D eigenvalue weighted by Crippen LogP contribution is -2.36. The molecule has 1 saturated heterocycles. The van der Waals surface area contributed by atoms with Crippen molar-refractivity contribution >= 4 is 11.7 Å². The predicted molar refractivity (Wildman–Crippen MR) is 83.8 cm³/mol. The molecular weight excluding hydrogens is 296 g/mol. The van der Waals surface area contributed by atoms with Gasteiger partial charge >= 0.3 is 0 Å². The molecular formula is C15H20N6O2. The smallest absolute Gasteiger partial charge is 0.244 e. The summed E-state index contributed by atoms with van der Waals surface area (Å²) < 4.78 is 6.88. The van der Waals surface area contributed by atoms with Crippen LogP contribution in [0, 0.1) is 0 Å². The maximum atomic E-state index is 12.2. The largest absolute Gasteiger partial charge is 0.378 e. The van der Waals surface area contributed by atoms with Gasteiger partial charge < -0.3 is 15.0 Å². The summed E-state index contributed by atoms with van der Waals surface area (Å²) in [5, 5.41) is 6.90. The highest BCUT2D eigenvalue weighted by Crippen LogP contribution is 2.14. The molecule has 122 valence electrons. The lowest BCUT2D eigenvalue weighted by atomic mass is 10.2. The number of nitrogens with one attached hydrogen (secondary N) is 1. The summed E-state index contributed by atoms with van der Waals surface area (Å²) in [5.74, 6) is 0.824. The first-order valence-electron chi connectivity index (χ1n) is 7.63. The molecule has 1 fully saturated rings. The third-order valence-corrected chi connectivity index (χ3v) is 3.82. The molecule has 2 aromatic heterocycles. The van der Waals surface area contributed by atoms with Crippen molar-refractivity contribution in [3.63, 3.8) is 0 Å². The van der Waals surface area contributed by atoms with Gasteiger partial charge in [-0.05, 0) is 24.6 Å². The predicted octanol–water partition coefficient (Wildman–Crippen LogP) is 0.387. The number of rotatable bonds is 5. The number of carbonyl (C=O) groups is 1. The highest BCUT2D eigenvalue weighted by Gasteiger charge is 2.16. The van der Waals surface area contributed by atoms with E-state index in [0.29, 0.717) is 6.54 Å². The van der Waals surface area contributed by atoms with Gasteiger partial charge in [0.05, 0.1) is 13.2 Å². The quantitative estimate of drug-likeness (QED) is 0.859. The van der Waals surface area contributed by atoms with Gasteiger partial charge in [0.25, 0.3) is 0 Å². The summed E-state index contributed by atoms with van der Waals surface area (Å²) >= 11 is 0. The molecule has 2 aromatic rings. The molecule has 8 heteroatoms. The molecule has 0 aliphatic carbocycles. The number of hydrogen-bond acceptors (Lipinski definition) is 6. The Morgan fingerprint density at radius 2 is 2.26 bits per heavy atom. The van der Waals surface area contributed by atoms with Crippen molar-refractivity contribution in [3.05, 3.63) is 36.5 Å². The van der Waals surface area contributed by atoms with Crippen molar-refractivity contribution in [1.29, 1.82) is 0 Å². The molecule has 3 heterocycles. The van der Waals surface area contributed by atoms with E-state index in [1.54, 1.807) is 13.1 Å². The third kappa shape index (κ3) is 3.84. The topological polar surface area (TPSA) is 85.2 Å². The van der Waals surface area contributed by atoms with Crippen LogP contribution in [0.1, 0.15) is 18.5 Å². The van der Waals surface area contributed by atoms with Crippen LogP contribution in [0.2, 0.25) is 0 Å². The summed E-state index contributed by atoms with van der Waals surface area (Å²) in [6.45, 7) is 5.36. The number of hydrogen-bond donors (Lipinski definition) is 1. The molecule has 3 rings (SSSR count). The molecule has 1 aliphatic rings. The number of anilines is 1. The lowest BCUT2D eigenvalue weighted by Gasteiger charge is -2.28. The van der Waals surface area contributed by atoms with E-state index < -0.39 is 6.04 Å². The number of nitrogens with zero attached hydrogens (tertiary/aromatic N) is 5. The SMILES string of the molecule is C[C@H](C(=O)NCc1ccnc(N2CCOCC2)c1)n1cncn1. The Morgan fingerprint density at radius 1 is 1.43 bits per heavy atom. The second-order valence-electron chi connectivity index (χ2n) is 5.39. The summed E-state index contributed by atoms with van der Waals surface area (Å²) in [6, 6.07) is 3.52. The van der Waals surface area contributed by atoms with Crippen LogP contribution in [0.15, 0.2) is 31.0 Å². The molecule has 8 nitrogen and oxygen atoms in total. The molecule has 1 N–H and O–H groups in total. The Kier molecular flexibility index (Phi) is 4.82. The summed E-state index contributed by atoms with van der Waals surface area (Å²) in [6.07, 6.45) is 4.72. The Balaban J connectivity index is 1.58. The Morgan fingerprint density at radius 3 is 3.00 bits per heavy atom. The van der Waals surface area contributed by atoms with Gasteiger partial charge in [-0.15, -0.1) is 0 Å². The zero-order chi connectivity index (χ0) is 16.1. The number of pyridine rings is 1. The van der Waals surface area contributed by atoms with Crippen molar-refractivity contribution in [2.45, 2.75) is 19.5 Å². The van der Waals surface area contributed by atoms with E-state index >= 15 is 0 Å². The van der Waals surface area contributed by atoms with E-state index in [-0.39, 0.29) is 5.91 Å². The highest BCUT2D eigenvalue weighted by molar-refractivity contribution is 5.79. The van der Waals surface area contributed by atoms with Gasteiger partial charge in [0.15, 0.2) is 0 Å². The minimum absolute atomic E-state index is 0.0970. The summed E-state index contributed by atoms with van der Waals surface area (Å²) in [5.41, 5.74) is 1.01. The van der Waals surface area contributed by atoms with E-state index in [9.17, 15) is 4.79 Å². The molecule has 0 spiro atoms. The van der Waals surface area contributed by atoms with Crippen molar-refractivity contribution in [2.24, 2.45) is 0 Å². The van der Waals surface area contributed by atoms with Crippen molar-refractivity contribution in [1.82, 2.24) is 25.1 Å². The van der Waals surface area contributed by atoms with Crippen LogP contribution >= 0.6 is 0 Å². The minimum atomic E-state index is -0.391. The first-order valence-corrected chi connectivity index (χ1v) is 7.63. The molecule has 23 heavy (non-hydrogen) atoms. The monoisotopic (exact) mass is 316 g/mol. The number of ether oxygens (including phenoxy) is 1. The zero-order valence-electron chi connectivity index (χ0n) is 13.1. The van der Waals surface area contributed by atoms with Crippen LogP contribution in [-0.4, -0.2) is 52.0 Å². The van der Waals surface area contributed by atoms with E-state index in [1.165, 1.54) is 17.3 Å². The Bertz CT molecular complexity index is 639. The molecule has 0 saturated carbocycles. The van der Waals surface area contributed by atoms with E-state index in [2.05, 4.69) is 25.3 Å². The molecule has 0 bridgehead atoms. The zero-order valence-corrected chi connectivity index (χ0v) is 13.1. The third-order valence-electron chi connectivity index (χ3n) is 3.82. The summed E-state index contributed by atoms with van der Waals surface area (Å²) in [4.78, 5) is 22.6.